The van der Waals surface area contributed by atoms with Crippen molar-refractivity contribution in [3.63, 3.8) is 0 Å². The van der Waals surface area contributed by atoms with Gasteiger partial charge in [0.25, 0.3) is 0 Å². The average molecular weight is 809 g/mol. The molecule has 2 heteroatoms. The molecule has 0 bridgehead atoms. The lowest BCUT2D eigenvalue weighted by molar-refractivity contribution is 1.41. The van der Waals surface area contributed by atoms with Gasteiger partial charge in [-0.15, -0.1) is 0 Å². The van der Waals surface area contributed by atoms with Crippen LogP contribution in [0.25, 0.3) is 131 Å². The number of nitrogens with zero attached hydrogens (tertiary/aromatic N) is 2. The number of benzene rings is 12. The molecule has 0 fully saturated rings. The summed E-state index contributed by atoms with van der Waals surface area (Å²) >= 11 is 0. The molecule has 294 valence electrons. The lowest BCUT2D eigenvalue weighted by atomic mass is 9.88. The van der Waals surface area contributed by atoms with Gasteiger partial charge in [0.2, 0.25) is 0 Å². The molecule has 0 aliphatic rings. The van der Waals surface area contributed by atoms with Crippen LogP contribution in [0.15, 0.2) is 218 Å². The molecule has 0 N–H and O–H groups in total. The highest BCUT2D eigenvalue weighted by Gasteiger charge is 2.19. The first-order valence-electron chi connectivity index (χ1n) is 21.8. The summed E-state index contributed by atoms with van der Waals surface area (Å²) in [5.41, 5.74) is 10.4. The molecule has 12 aromatic carbocycles. The molecule has 0 unspecified atom stereocenters. The van der Waals surface area contributed by atoms with Gasteiger partial charge in [-0.2, -0.15) is 5.26 Å². The largest absolute Gasteiger partial charge is 0.247 e. The maximum Gasteiger partial charge on any atom is 0.0991 e. The van der Waals surface area contributed by atoms with E-state index in [2.05, 4.69) is 200 Å². The maximum absolute atomic E-state index is 9.37. The van der Waals surface area contributed by atoms with Crippen molar-refractivity contribution in [2.75, 3.05) is 0 Å². The third kappa shape index (κ3) is 5.55. The van der Waals surface area contributed by atoms with Crippen LogP contribution in [0.4, 0.5) is 0 Å². The van der Waals surface area contributed by atoms with Crippen LogP contribution in [0.2, 0.25) is 0 Å². The lowest BCUT2D eigenvalue weighted by Crippen LogP contribution is -1.94. The first kappa shape index (κ1) is 36.1. The fourth-order valence-corrected chi connectivity index (χ4v) is 10.4. The minimum Gasteiger partial charge on any atom is -0.247 e. The SMILES string of the molecule is N#Cc1ccc(-c2ccc(-c3cc4c(-c5ccc6c7ccccc7c7ccccc7c6c5)cc(-c5ccc6c7ccccc7c7ccccc7c6c5)nc4c4ccccc34)cc2)cc1. The molecular formula is C62H36N2. The van der Waals surface area contributed by atoms with E-state index in [1.807, 2.05) is 24.3 Å². The van der Waals surface area contributed by atoms with E-state index in [-0.39, 0.29) is 0 Å². The Labute approximate surface area is 369 Å². The molecule has 1 heterocycles. The highest BCUT2D eigenvalue weighted by molar-refractivity contribution is 6.27. The zero-order valence-electron chi connectivity index (χ0n) is 34.7. The first-order valence-corrected chi connectivity index (χ1v) is 21.8. The summed E-state index contributed by atoms with van der Waals surface area (Å²) in [6.45, 7) is 0. The van der Waals surface area contributed by atoms with Crippen LogP contribution < -0.4 is 0 Å². The van der Waals surface area contributed by atoms with Crippen molar-refractivity contribution in [3.05, 3.63) is 224 Å². The van der Waals surface area contributed by atoms with Crippen LogP contribution in [-0.4, -0.2) is 4.98 Å². The molecule has 0 saturated heterocycles. The molecule has 0 spiro atoms. The smallest absolute Gasteiger partial charge is 0.0991 e. The maximum atomic E-state index is 9.37. The summed E-state index contributed by atoms with van der Waals surface area (Å²) in [5.74, 6) is 0. The van der Waals surface area contributed by atoms with Crippen LogP contribution in [-0.2, 0) is 0 Å². The molecule has 0 amide bonds. The molecule has 64 heavy (non-hydrogen) atoms. The van der Waals surface area contributed by atoms with Crippen LogP contribution >= 0.6 is 0 Å². The predicted molar refractivity (Wildman–Crippen MR) is 271 cm³/mol. The second kappa shape index (κ2) is 14.2. The number of hydrogen-bond acceptors (Lipinski definition) is 2. The lowest BCUT2D eigenvalue weighted by Gasteiger charge is -2.17. The Balaban J connectivity index is 1.09. The third-order valence-corrected chi connectivity index (χ3v) is 13.5. The molecule has 13 aromatic rings. The van der Waals surface area contributed by atoms with E-state index in [9.17, 15) is 5.26 Å². The summed E-state index contributed by atoms with van der Waals surface area (Å²) in [7, 11) is 0. The van der Waals surface area contributed by atoms with E-state index in [1.54, 1.807) is 0 Å². The Hall–Kier alpha value is -8.64. The average Bonchev–Trinajstić information content (AvgIpc) is 3.38. The van der Waals surface area contributed by atoms with Crippen LogP contribution in [0.3, 0.4) is 0 Å². The van der Waals surface area contributed by atoms with Gasteiger partial charge in [-0.05, 0) is 140 Å². The number of aromatic nitrogens is 1. The molecule has 0 aliphatic carbocycles. The Kier molecular flexibility index (Phi) is 8.01. The topological polar surface area (TPSA) is 36.7 Å². The molecule has 0 atom stereocenters. The first-order chi connectivity index (χ1) is 31.7. The fraction of sp³-hybridized carbons (Fsp3) is 0. The Morgan fingerprint density at radius 3 is 1.12 bits per heavy atom. The minimum absolute atomic E-state index is 0.659. The van der Waals surface area contributed by atoms with Crippen molar-refractivity contribution in [2.24, 2.45) is 0 Å². The number of fused-ring (bicyclic) bond motifs is 15. The van der Waals surface area contributed by atoms with Gasteiger partial charge < -0.3 is 0 Å². The van der Waals surface area contributed by atoms with Gasteiger partial charge in [0.15, 0.2) is 0 Å². The zero-order chi connectivity index (χ0) is 42.3. The standard InChI is InChI=1S/C62H36N2/c63-37-38-21-23-39(24-22-38)40-25-27-41(28-26-40)56-35-60-57(42-29-31-53-48-15-3-1-11-44(48)46-13-5-7-17-50(46)58(53)33-42)36-61(64-62(60)55-20-10-9-19-52(55)56)43-30-32-54-49-16-4-2-12-45(49)47-14-6-8-18-51(47)59(54)34-43/h1-36H. The molecule has 0 radical (unpaired) electrons. The summed E-state index contributed by atoms with van der Waals surface area (Å²) in [6.07, 6.45) is 0. The summed E-state index contributed by atoms with van der Waals surface area (Å²) in [6, 6.07) is 81.3. The Morgan fingerprint density at radius 1 is 0.266 bits per heavy atom. The summed E-state index contributed by atoms with van der Waals surface area (Å²) in [4.78, 5) is 5.64. The minimum atomic E-state index is 0.659. The second-order valence-electron chi connectivity index (χ2n) is 16.9. The van der Waals surface area contributed by atoms with Crippen molar-refractivity contribution in [2.45, 2.75) is 0 Å². The molecule has 0 saturated carbocycles. The van der Waals surface area contributed by atoms with Crippen molar-refractivity contribution in [1.29, 1.82) is 5.26 Å². The van der Waals surface area contributed by atoms with E-state index >= 15 is 0 Å². The van der Waals surface area contributed by atoms with Crippen molar-refractivity contribution < 1.29 is 0 Å². The van der Waals surface area contributed by atoms with E-state index < -0.39 is 0 Å². The van der Waals surface area contributed by atoms with E-state index in [1.165, 1.54) is 64.6 Å². The van der Waals surface area contributed by atoms with Crippen LogP contribution in [0.1, 0.15) is 5.56 Å². The summed E-state index contributed by atoms with van der Waals surface area (Å²) in [5, 5.41) is 27.8. The monoisotopic (exact) mass is 808 g/mol. The second-order valence-corrected chi connectivity index (χ2v) is 16.9. The van der Waals surface area contributed by atoms with Gasteiger partial charge in [0, 0.05) is 16.3 Å². The highest BCUT2D eigenvalue weighted by atomic mass is 14.7. The predicted octanol–water partition coefficient (Wildman–Crippen LogP) is 16.8. The third-order valence-electron chi connectivity index (χ3n) is 13.5. The Morgan fingerprint density at radius 2 is 0.625 bits per heavy atom. The van der Waals surface area contributed by atoms with Crippen molar-refractivity contribution in [3.8, 4) is 50.7 Å². The zero-order valence-corrected chi connectivity index (χ0v) is 34.7. The van der Waals surface area contributed by atoms with E-state index in [4.69, 9.17) is 4.98 Å². The number of pyridine rings is 1. The van der Waals surface area contributed by atoms with Crippen LogP contribution in [0.5, 0.6) is 0 Å². The van der Waals surface area contributed by atoms with Gasteiger partial charge >= 0.3 is 0 Å². The fourth-order valence-electron chi connectivity index (χ4n) is 10.4. The molecule has 2 nitrogen and oxygen atoms in total. The quantitative estimate of drug-likeness (QED) is 0.166. The molecule has 1 aromatic heterocycles. The van der Waals surface area contributed by atoms with E-state index in [0.29, 0.717) is 5.56 Å². The normalized spacial score (nSPS) is 11.7. The van der Waals surface area contributed by atoms with Gasteiger partial charge in [-0.3, -0.25) is 0 Å². The van der Waals surface area contributed by atoms with Gasteiger partial charge in [0.1, 0.15) is 0 Å². The van der Waals surface area contributed by atoms with Gasteiger partial charge in [0.05, 0.1) is 22.8 Å². The van der Waals surface area contributed by atoms with Crippen molar-refractivity contribution in [1.82, 2.24) is 4.98 Å². The highest BCUT2D eigenvalue weighted by Crippen LogP contribution is 2.44. The van der Waals surface area contributed by atoms with Crippen LogP contribution in [0, 0.1) is 11.3 Å². The van der Waals surface area contributed by atoms with Gasteiger partial charge in [-0.25, -0.2) is 4.98 Å². The number of rotatable bonds is 4. The van der Waals surface area contributed by atoms with Crippen molar-refractivity contribution >= 4 is 86.3 Å². The number of hydrogen-bond donors (Lipinski definition) is 0. The summed E-state index contributed by atoms with van der Waals surface area (Å²) < 4.78 is 0. The molecular weight excluding hydrogens is 773 g/mol. The molecule has 0 aliphatic heterocycles. The van der Waals surface area contributed by atoms with E-state index in [0.717, 1.165) is 66.3 Å². The Bertz CT molecular complexity index is 4050. The molecule has 13 rings (SSSR count). The number of nitriles is 1. The van der Waals surface area contributed by atoms with Gasteiger partial charge in [-0.1, -0.05) is 182 Å².